The molecule has 4 rings (SSSR count). The first-order valence-electron chi connectivity index (χ1n) is 9.47. The molecule has 1 saturated heterocycles. The van der Waals surface area contributed by atoms with Gasteiger partial charge in [-0.05, 0) is 37.1 Å². The van der Waals surface area contributed by atoms with Gasteiger partial charge in [-0.2, -0.15) is 13.2 Å². The Balaban J connectivity index is 0.000000207. The van der Waals surface area contributed by atoms with E-state index >= 15 is 0 Å². The lowest BCUT2D eigenvalue weighted by molar-refractivity contribution is -0.141. The molecule has 1 aliphatic heterocycles. The number of carbonyl (C=O) groups is 1. The Morgan fingerprint density at radius 3 is 2.56 bits per heavy atom. The minimum Gasteiger partial charge on any atom is -0.368 e. The van der Waals surface area contributed by atoms with E-state index < -0.39 is 22.8 Å². The highest BCUT2D eigenvalue weighted by Gasteiger charge is 2.35. The van der Waals surface area contributed by atoms with Crippen molar-refractivity contribution in [1.29, 1.82) is 0 Å². The molecular weight excluding hydrogens is 447 g/mol. The molecule has 1 aromatic carbocycles. The quantitative estimate of drug-likeness (QED) is 0.560. The van der Waals surface area contributed by atoms with Gasteiger partial charge in [0.1, 0.15) is 12.1 Å². The van der Waals surface area contributed by atoms with Crippen LogP contribution in [0.3, 0.4) is 0 Å². The van der Waals surface area contributed by atoms with Crippen LogP contribution < -0.4 is 16.0 Å². The van der Waals surface area contributed by atoms with Gasteiger partial charge in [0.15, 0.2) is 5.69 Å². The second kappa shape index (κ2) is 9.77. The van der Waals surface area contributed by atoms with Crippen molar-refractivity contribution < 1.29 is 18.0 Å². The number of fused-ring (bicyclic) bond motifs is 1. The van der Waals surface area contributed by atoms with E-state index in [2.05, 4.69) is 36.7 Å². The maximum absolute atomic E-state index is 12.0. The molecule has 1 amide bonds. The fourth-order valence-corrected chi connectivity index (χ4v) is 3.27. The standard InChI is InChI=1S/C15H16N4O.C5H3ClF3N3/c1-2-14(20)18-11-5-6-12-13(9-11)16-10-17-15(12)19-7-3-4-8-19;6-2-1-11-4(10)12-3(2)5(7,8)9/h2,5-6,9-10H,1,3-4,7-8H2,(H,18,20);1H,(H2,10,11,12). The van der Waals surface area contributed by atoms with Gasteiger partial charge in [-0.15, -0.1) is 0 Å². The molecular formula is C20H19ClF3N7O. The lowest BCUT2D eigenvalue weighted by Crippen LogP contribution is -2.19. The van der Waals surface area contributed by atoms with Crippen molar-refractivity contribution in [3.63, 3.8) is 0 Å². The molecule has 0 atom stereocenters. The minimum atomic E-state index is -4.59. The summed E-state index contributed by atoms with van der Waals surface area (Å²) in [6.07, 6.45) is 1.47. The fourth-order valence-electron chi connectivity index (χ4n) is 3.07. The van der Waals surface area contributed by atoms with Crippen molar-refractivity contribution in [2.24, 2.45) is 0 Å². The Kier molecular flexibility index (Phi) is 7.08. The maximum Gasteiger partial charge on any atom is 0.435 e. The number of nitrogen functional groups attached to an aromatic ring is 1. The summed E-state index contributed by atoms with van der Waals surface area (Å²) in [7, 11) is 0. The molecule has 3 heterocycles. The number of hydrogen-bond acceptors (Lipinski definition) is 7. The molecule has 1 aliphatic rings. The summed E-state index contributed by atoms with van der Waals surface area (Å²) in [6.45, 7) is 5.53. The molecule has 1 fully saturated rings. The number of nitrogens with one attached hydrogen (secondary N) is 1. The number of hydrogen-bond donors (Lipinski definition) is 2. The van der Waals surface area contributed by atoms with E-state index in [1.54, 1.807) is 6.33 Å². The van der Waals surface area contributed by atoms with Gasteiger partial charge in [-0.25, -0.2) is 19.9 Å². The van der Waals surface area contributed by atoms with Gasteiger partial charge in [-0.3, -0.25) is 4.79 Å². The van der Waals surface area contributed by atoms with Crippen LogP contribution in [-0.4, -0.2) is 38.9 Å². The van der Waals surface area contributed by atoms with Gasteiger partial charge >= 0.3 is 6.18 Å². The number of benzene rings is 1. The van der Waals surface area contributed by atoms with E-state index in [4.69, 9.17) is 17.3 Å². The number of amides is 1. The third-order valence-corrected chi connectivity index (χ3v) is 4.78. The number of aromatic nitrogens is 4. The zero-order chi connectivity index (χ0) is 23.3. The molecule has 168 valence electrons. The van der Waals surface area contributed by atoms with Crippen molar-refractivity contribution in [2.75, 3.05) is 29.0 Å². The molecule has 0 saturated carbocycles. The summed E-state index contributed by atoms with van der Waals surface area (Å²) in [4.78, 5) is 28.5. The Hall–Kier alpha value is -3.47. The molecule has 0 aliphatic carbocycles. The molecule has 0 spiro atoms. The normalized spacial score (nSPS) is 13.4. The van der Waals surface area contributed by atoms with E-state index in [9.17, 15) is 18.0 Å². The van der Waals surface area contributed by atoms with Crippen LogP contribution in [0.5, 0.6) is 0 Å². The number of rotatable bonds is 3. The van der Waals surface area contributed by atoms with Gasteiger partial charge in [0.25, 0.3) is 0 Å². The SMILES string of the molecule is C=CC(=O)Nc1ccc2c(N3CCCC3)ncnc2c1.Nc1ncc(Cl)c(C(F)(F)F)n1. The lowest BCUT2D eigenvalue weighted by atomic mass is 10.2. The highest BCUT2D eigenvalue weighted by molar-refractivity contribution is 6.31. The molecule has 3 N–H and O–H groups in total. The molecule has 12 heteroatoms. The predicted molar refractivity (Wildman–Crippen MR) is 116 cm³/mol. The van der Waals surface area contributed by atoms with Crippen LogP contribution in [0.1, 0.15) is 18.5 Å². The number of nitrogens with zero attached hydrogens (tertiary/aromatic N) is 5. The first kappa shape index (κ1) is 23.2. The number of carbonyl (C=O) groups excluding carboxylic acids is 1. The molecule has 32 heavy (non-hydrogen) atoms. The number of nitrogens with two attached hydrogens (primary N) is 1. The van der Waals surface area contributed by atoms with E-state index in [0.29, 0.717) is 5.69 Å². The molecule has 2 aromatic heterocycles. The first-order valence-corrected chi connectivity index (χ1v) is 9.85. The van der Waals surface area contributed by atoms with Gasteiger partial charge < -0.3 is 16.0 Å². The van der Waals surface area contributed by atoms with Crippen LogP contribution in [0, 0.1) is 0 Å². The number of anilines is 3. The van der Waals surface area contributed by atoms with Gasteiger partial charge in [0, 0.05) is 24.2 Å². The predicted octanol–water partition coefficient (Wildman–Crippen LogP) is 4.09. The monoisotopic (exact) mass is 465 g/mol. The third kappa shape index (κ3) is 5.61. The zero-order valence-electron chi connectivity index (χ0n) is 16.7. The van der Waals surface area contributed by atoms with E-state index in [-0.39, 0.29) is 5.91 Å². The van der Waals surface area contributed by atoms with Crippen LogP contribution >= 0.6 is 11.6 Å². The van der Waals surface area contributed by atoms with Gasteiger partial charge in [-0.1, -0.05) is 18.2 Å². The Morgan fingerprint density at radius 2 is 1.94 bits per heavy atom. The third-order valence-electron chi connectivity index (χ3n) is 4.51. The molecule has 0 radical (unpaired) electrons. The van der Waals surface area contributed by atoms with Gasteiger partial charge in [0.05, 0.1) is 16.7 Å². The lowest BCUT2D eigenvalue weighted by Gasteiger charge is -2.18. The number of alkyl halides is 3. The number of halogens is 4. The zero-order valence-corrected chi connectivity index (χ0v) is 17.5. The van der Waals surface area contributed by atoms with Crippen molar-refractivity contribution in [3.8, 4) is 0 Å². The van der Waals surface area contributed by atoms with Crippen molar-refractivity contribution in [3.05, 3.63) is 54.1 Å². The summed E-state index contributed by atoms with van der Waals surface area (Å²) in [6, 6.07) is 5.69. The summed E-state index contributed by atoms with van der Waals surface area (Å²) >= 11 is 5.18. The fraction of sp³-hybridized carbons (Fsp3) is 0.250. The average molecular weight is 466 g/mol. The van der Waals surface area contributed by atoms with Crippen LogP contribution in [0.4, 0.5) is 30.6 Å². The van der Waals surface area contributed by atoms with Crippen molar-refractivity contribution in [1.82, 2.24) is 19.9 Å². The smallest absolute Gasteiger partial charge is 0.368 e. The van der Waals surface area contributed by atoms with E-state index in [1.165, 1.54) is 18.9 Å². The van der Waals surface area contributed by atoms with Crippen molar-refractivity contribution >= 4 is 45.9 Å². The summed E-state index contributed by atoms with van der Waals surface area (Å²) in [5.74, 6) is 0.305. The molecule has 0 unspecified atom stereocenters. The average Bonchev–Trinajstić information content (AvgIpc) is 3.29. The molecule has 0 bridgehead atoms. The van der Waals surface area contributed by atoms with E-state index in [1.807, 2.05) is 18.2 Å². The largest absolute Gasteiger partial charge is 0.435 e. The second-order valence-electron chi connectivity index (χ2n) is 6.74. The molecule has 3 aromatic rings. The first-order chi connectivity index (χ1) is 15.2. The Labute approximate surface area is 186 Å². The van der Waals surface area contributed by atoms with E-state index in [0.717, 1.165) is 36.0 Å². The topological polar surface area (TPSA) is 110 Å². The van der Waals surface area contributed by atoms with Crippen LogP contribution in [-0.2, 0) is 11.0 Å². The Bertz CT molecular complexity index is 1130. The van der Waals surface area contributed by atoms with Gasteiger partial charge in [0.2, 0.25) is 11.9 Å². The summed E-state index contributed by atoms with van der Waals surface area (Å²) in [5, 5.41) is 3.20. The maximum atomic E-state index is 12.0. The highest BCUT2D eigenvalue weighted by atomic mass is 35.5. The Morgan fingerprint density at radius 1 is 1.22 bits per heavy atom. The van der Waals surface area contributed by atoms with Crippen LogP contribution in [0.2, 0.25) is 5.02 Å². The summed E-state index contributed by atoms with van der Waals surface area (Å²) < 4.78 is 36.0. The second-order valence-corrected chi connectivity index (χ2v) is 7.15. The van der Waals surface area contributed by atoms with Crippen LogP contribution in [0.25, 0.3) is 10.9 Å². The van der Waals surface area contributed by atoms with Crippen LogP contribution in [0.15, 0.2) is 43.4 Å². The minimum absolute atomic E-state index is 0.224. The van der Waals surface area contributed by atoms with Crippen molar-refractivity contribution in [2.45, 2.75) is 19.0 Å². The summed E-state index contributed by atoms with van der Waals surface area (Å²) in [5.41, 5.74) is 5.28. The highest BCUT2D eigenvalue weighted by Crippen LogP contribution is 2.32. The molecule has 8 nitrogen and oxygen atoms in total.